The van der Waals surface area contributed by atoms with E-state index in [4.69, 9.17) is 4.74 Å². The maximum atomic E-state index is 11.3. The van der Waals surface area contributed by atoms with Crippen LogP contribution in [0.1, 0.15) is 55.6 Å². The van der Waals surface area contributed by atoms with E-state index in [-0.39, 0.29) is 11.5 Å². The number of aromatic carboxylic acids is 1. The first-order valence-electron chi connectivity index (χ1n) is 7.40. The molecule has 0 bridgehead atoms. The summed E-state index contributed by atoms with van der Waals surface area (Å²) in [7, 11) is 1.73. The first-order chi connectivity index (χ1) is 9.84. The number of anilines is 1. The molecule has 2 rings (SSSR count). The third-order valence-corrected chi connectivity index (χ3v) is 4.15. The number of carboxylic acid groups (broad SMARTS) is 1. The molecule has 2 heterocycles. The van der Waals surface area contributed by atoms with Gasteiger partial charge in [-0.2, -0.15) is 0 Å². The van der Waals surface area contributed by atoms with Crippen molar-refractivity contribution in [3.05, 3.63) is 23.4 Å². The molecule has 1 fully saturated rings. The van der Waals surface area contributed by atoms with Gasteiger partial charge in [0.15, 0.2) is 0 Å². The maximum absolute atomic E-state index is 11.3. The summed E-state index contributed by atoms with van der Waals surface area (Å²) >= 11 is 0. The van der Waals surface area contributed by atoms with Gasteiger partial charge in [0, 0.05) is 25.9 Å². The SMILES string of the molecule is COC1(C)CCCN(c2cc(C(=O)O)cc(C(C)C)n2)C1. The molecule has 0 saturated carbocycles. The lowest BCUT2D eigenvalue weighted by molar-refractivity contribution is -0.00482. The Morgan fingerprint density at radius 2 is 2.19 bits per heavy atom. The second-order valence-electron chi connectivity index (χ2n) is 6.28. The summed E-state index contributed by atoms with van der Waals surface area (Å²) in [6, 6.07) is 3.32. The van der Waals surface area contributed by atoms with Crippen LogP contribution < -0.4 is 4.90 Å². The van der Waals surface area contributed by atoms with Crippen molar-refractivity contribution in [1.29, 1.82) is 0 Å². The average molecular weight is 292 g/mol. The van der Waals surface area contributed by atoms with Gasteiger partial charge in [-0.1, -0.05) is 13.8 Å². The van der Waals surface area contributed by atoms with E-state index in [1.165, 1.54) is 0 Å². The Kier molecular flexibility index (Phi) is 4.52. The summed E-state index contributed by atoms with van der Waals surface area (Å²) in [5.74, 6) is 0.0234. The number of nitrogens with zero attached hydrogens (tertiary/aromatic N) is 2. The Morgan fingerprint density at radius 1 is 1.48 bits per heavy atom. The summed E-state index contributed by atoms with van der Waals surface area (Å²) in [6.07, 6.45) is 2.02. The summed E-state index contributed by atoms with van der Waals surface area (Å²) < 4.78 is 5.60. The molecule has 5 nitrogen and oxygen atoms in total. The summed E-state index contributed by atoms with van der Waals surface area (Å²) in [6.45, 7) is 7.74. The second-order valence-corrected chi connectivity index (χ2v) is 6.28. The number of piperidine rings is 1. The standard InChI is InChI=1S/C16H24N2O3/c1-11(2)13-8-12(15(19)20)9-14(17-13)18-7-5-6-16(3,10-18)21-4/h8-9,11H,5-7,10H2,1-4H3,(H,19,20). The number of ether oxygens (including phenoxy) is 1. The third kappa shape index (κ3) is 3.53. The molecule has 116 valence electrons. The zero-order chi connectivity index (χ0) is 15.6. The normalized spacial score (nSPS) is 22.6. The van der Waals surface area contributed by atoms with Gasteiger partial charge in [-0.15, -0.1) is 0 Å². The van der Waals surface area contributed by atoms with Crippen LogP contribution in [-0.2, 0) is 4.74 Å². The largest absolute Gasteiger partial charge is 0.478 e. The van der Waals surface area contributed by atoms with Crippen molar-refractivity contribution in [3.63, 3.8) is 0 Å². The molecule has 1 aliphatic rings. The van der Waals surface area contributed by atoms with E-state index in [1.807, 2.05) is 13.8 Å². The van der Waals surface area contributed by atoms with Gasteiger partial charge >= 0.3 is 5.97 Å². The number of hydrogen-bond acceptors (Lipinski definition) is 4. The van der Waals surface area contributed by atoms with E-state index >= 15 is 0 Å². The van der Waals surface area contributed by atoms with Gasteiger partial charge in [-0.3, -0.25) is 0 Å². The highest BCUT2D eigenvalue weighted by Gasteiger charge is 2.31. The highest BCUT2D eigenvalue weighted by atomic mass is 16.5. The van der Waals surface area contributed by atoms with Crippen molar-refractivity contribution < 1.29 is 14.6 Å². The highest BCUT2D eigenvalue weighted by Crippen LogP contribution is 2.28. The predicted octanol–water partition coefficient (Wildman–Crippen LogP) is 2.91. The first kappa shape index (κ1) is 15.8. The van der Waals surface area contributed by atoms with Gasteiger partial charge in [0.2, 0.25) is 0 Å². The molecule has 1 saturated heterocycles. The van der Waals surface area contributed by atoms with Crippen molar-refractivity contribution in [1.82, 2.24) is 4.98 Å². The van der Waals surface area contributed by atoms with Crippen LogP contribution in [0.15, 0.2) is 12.1 Å². The smallest absolute Gasteiger partial charge is 0.335 e. The number of hydrogen-bond donors (Lipinski definition) is 1. The number of aromatic nitrogens is 1. The fraction of sp³-hybridized carbons (Fsp3) is 0.625. The number of carboxylic acids is 1. The first-order valence-corrected chi connectivity index (χ1v) is 7.40. The lowest BCUT2D eigenvalue weighted by Gasteiger charge is -2.40. The molecular weight excluding hydrogens is 268 g/mol. The van der Waals surface area contributed by atoms with Crippen LogP contribution in [0.2, 0.25) is 0 Å². The minimum Gasteiger partial charge on any atom is -0.478 e. The number of carbonyl (C=O) groups is 1. The molecule has 5 heteroatoms. The topological polar surface area (TPSA) is 62.7 Å². The molecule has 0 aliphatic carbocycles. The predicted molar refractivity (Wildman–Crippen MR) is 82.1 cm³/mol. The molecule has 0 radical (unpaired) electrons. The van der Waals surface area contributed by atoms with E-state index in [2.05, 4.69) is 16.8 Å². The van der Waals surface area contributed by atoms with Crippen molar-refractivity contribution in [2.75, 3.05) is 25.1 Å². The van der Waals surface area contributed by atoms with Crippen molar-refractivity contribution in [3.8, 4) is 0 Å². The van der Waals surface area contributed by atoms with Gasteiger partial charge in [0.1, 0.15) is 5.82 Å². The zero-order valence-electron chi connectivity index (χ0n) is 13.2. The van der Waals surface area contributed by atoms with Crippen molar-refractivity contribution in [2.45, 2.75) is 45.1 Å². The van der Waals surface area contributed by atoms with Crippen LogP contribution in [0.4, 0.5) is 5.82 Å². The monoisotopic (exact) mass is 292 g/mol. The molecule has 1 N–H and O–H groups in total. The molecule has 1 unspecified atom stereocenters. The van der Waals surface area contributed by atoms with Crippen molar-refractivity contribution >= 4 is 11.8 Å². The Morgan fingerprint density at radius 3 is 2.76 bits per heavy atom. The Labute approximate surface area is 125 Å². The van der Waals surface area contributed by atoms with Gasteiger partial charge in [0.25, 0.3) is 0 Å². The van der Waals surface area contributed by atoms with Crippen LogP contribution in [0.3, 0.4) is 0 Å². The van der Waals surface area contributed by atoms with E-state index in [0.29, 0.717) is 5.56 Å². The lowest BCUT2D eigenvalue weighted by Crippen LogP contribution is -2.47. The van der Waals surface area contributed by atoms with Gasteiger partial charge in [0.05, 0.1) is 11.2 Å². The number of methoxy groups -OCH3 is 1. The molecule has 1 atom stereocenters. The van der Waals surface area contributed by atoms with Gasteiger partial charge in [-0.05, 0) is 37.8 Å². The third-order valence-electron chi connectivity index (χ3n) is 4.15. The number of rotatable bonds is 4. The van der Waals surface area contributed by atoms with Crippen LogP contribution in [0, 0.1) is 0 Å². The molecule has 1 aromatic heterocycles. The van der Waals surface area contributed by atoms with Crippen LogP contribution in [0.25, 0.3) is 0 Å². The van der Waals surface area contributed by atoms with Gasteiger partial charge < -0.3 is 14.7 Å². The van der Waals surface area contributed by atoms with E-state index in [0.717, 1.165) is 37.4 Å². The molecule has 1 aromatic rings. The van der Waals surface area contributed by atoms with Crippen molar-refractivity contribution in [2.24, 2.45) is 0 Å². The summed E-state index contributed by atoms with van der Waals surface area (Å²) in [5.41, 5.74) is 0.917. The van der Waals surface area contributed by atoms with E-state index in [1.54, 1.807) is 19.2 Å². The number of pyridine rings is 1. The lowest BCUT2D eigenvalue weighted by atomic mass is 9.94. The van der Waals surface area contributed by atoms with E-state index < -0.39 is 5.97 Å². The fourth-order valence-electron chi connectivity index (χ4n) is 2.69. The van der Waals surface area contributed by atoms with Crippen LogP contribution >= 0.6 is 0 Å². The Balaban J connectivity index is 2.36. The van der Waals surface area contributed by atoms with Gasteiger partial charge in [-0.25, -0.2) is 9.78 Å². The average Bonchev–Trinajstić information content (AvgIpc) is 2.46. The molecule has 1 aliphatic heterocycles. The molecular formula is C16H24N2O3. The Hall–Kier alpha value is -1.62. The van der Waals surface area contributed by atoms with E-state index in [9.17, 15) is 9.90 Å². The Bertz CT molecular complexity index is 530. The highest BCUT2D eigenvalue weighted by molar-refractivity contribution is 5.88. The zero-order valence-corrected chi connectivity index (χ0v) is 13.2. The molecule has 0 spiro atoms. The van der Waals surface area contributed by atoms with Crippen LogP contribution in [-0.4, -0.2) is 41.9 Å². The minimum atomic E-state index is -0.910. The van der Waals surface area contributed by atoms with Crippen LogP contribution in [0.5, 0.6) is 0 Å². The molecule has 0 aromatic carbocycles. The molecule has 0 amide bonds. The second kappa shape index (κ2) is 6.02. The minimum absolute atomic E-state index is 0.196. The quantitative estimate of drug-likeness (QED) is 0.924. The summed E-state index contributed by atoms with van der Waals surface area (Å²) in [5, 5.41) is 9.29. The summed E-state index contributed by atoms with van der Waals surface area (Å²) in [4.78, 5) is 18.1. The maximum Gasteiger partial charge on any atom is 0.335 e. The molecule has 21 heavy (non-hydrogen) atoms. The fourth-order valence-corrected chi connectivity index (χ4v) is 2.69.